The van der Waals surface area contributed by atoms with Gasteiger partial charge in [-0.05, 0) is 30.5 Å². The summed E-state index contributed by atoms with van der Waals surface area (Å²) < 4.78 is 41.5. The van der Waals surface area contributed by atoms with E-state index in [1.54, 1.807) is 28.7 Å². The average molecular weight is 443 g/mol. The SMILES string of the molecule is CC(C)Cn1c([C@H]2CCN(S(=O)(=O)c3ccc4c(c3)OCCO4)C2)nc2ccncc21. The van der Waals surface area contributed by atoms with Crippen LogP contribution in [0.3, 0.4) is 0 Å². The minimum absolute atomic E-state index is 0.0399. The van der Waals surface area contributed by atoms with Crippen LogP contribution in [-0.4, -0.2) is 53.6 Å². The molecule has 0 saturated carbocycles. The molecule has 0 N–H and O–H groups in total. The summed E-state index contributed by atoms with van der Waals surface area (Å²) in [5.74, 6) is 2.49. The number of benzene rings is 1. The third-order valence-corrected chi connectivity index (χ3v) is 7.66. The van der Waals surface area contributed by atoms with Crippen molar-refractivity contribution in [1.29, 1.82) is 0 Å². The minimum Gasteiger partial charge on any atom is -0.486 e. The molecule has 0 amide bonds. The second kappa shape index (κ2) is 7.80. The van der Waals surface area contributed by atoms with Crippen molar-refractivity contribution < 1.29 is 17.9 Å². The van der Waals surface area contributed by atoms with E-state index in [9.17, 15) is 8.42 Å². The summed E-state index contributed by atoms with van der Waals surface area (Å²) in [4.78, 5) is 9.35. The summed E-state index contributed by atoms with van der Waals surface area (Å²) >= 11 is 0. The molecule has 9 heteroatoms. The van der Waals surface area contributed by atoms with Crippen molar-refractivity contribution in [2.45, 2.75) is 37.6 Å². The van der Waals surface area contributed by atoms with Crippen molar-refractivity contribution in [2.75, 3.05) is 26.3 Å². The van der Waals surface area contributed by atoms with E-state index >= 15 is 0 Å². The molecule has 8 nitrogen and oxygen atoms in total. The van der Waals surface area contributed by atoms with Crippen LogP contribution in [0.5, 0.6) is 11.5 Å². The Morgan fingerprint density at radius 3 is 2.77 bits per heavy atom. The van der Waals surface area contributed by atoms with Crippen LogP contribution in [0, 0.1) is 5.92 Å². The summed E-state index contributed by atoms with van der Waals surface area (Å²) in [5, 5.41) is 0. The van der Waals surface area contributed by atoms with Gasteiger partial charge >= 0.3 is 0 Å². The van der Waals surface area contributed by atoms with Crippen molar-refractivity contribution >= 4 is 21.1 Å². The predicted octanol–water partition coefficient (Wildman–Crippen LogP) is 3.04. The van der Waals surface area contributed by atoms with Gasteiger partial charge in [0.25, 0.3) is 0 Å². The second-order valence-corrected chi connectivity index (χ2v) is 10.4. The highest BCUT2D eigenvalue weighted by molar-refractivity contribution is 7.89. The monoisotopic (exact) mass is 442 g/mol. The van der Waals surface area contributed by atoms with Crippen LogP contribution in [0.15, 0.2) is 41.6 Å². The normalized spacial score (nSPS) is 19.4. The van der Waals surface area contributed by atoms with Crippen molar-refractivity contribution in [2.24, 2.45) is 5.92 Å². The molecule has 0 spiro atoms. The first-order chi connectivity index (χ1) is 14.9. The standard InChI is InChI=1S/C22H26N4O4S/c1-15(2)13-26-19-12-23-7-5-18(19)24-22(26)16-6-8-25(14-16)31(27,28)17-3-4-20-21(11-17)30-10-9-29-20/h3-5,7,11-12,15-16H,6,8-10,13-14H2,1-2H3/t16-/m0/s1. The molecule has 1 saturated heterocycles. The fourth-order valence-corrected chi connectivity index (χ4v) is 5.86. The summed E-state index contributed by atoms with van der Waals surface area (Å²) in [6.45, 7) is 6.92. The topological polar surface area (TPSA) is 86.6 Å². The summed E-state index contributed by atoms with van der Waals surface area (Å²) in [6.07, 6.45) is 4.32. The third kappa shape index (κ3) is 3.65. The molecular weight excluding hydrogens is 416 g/mol. The van der Waals surface area contributed by atoms with Crippen LogP contribution in [0.2, 0.25) is 0 Å². The van der Waals surface area contributed by atoms with Gasteiger partial charge < -0.3 is 14.0 Å². The molecule has 0 unspecified atom stereocenters. The van der Waals surface area contributed by atoms with Crippen molar-refractivity contribution in [3.8, 4) is 11.5 Å². The Hall–Kier alpha value is -2.65. The molecule has 31 heavy (non-hydrogen) atoms. The number of fused-ring (bicyclic) bond motifs is 2. The Morgan fingerprint density at radius 1 is 1.16 bits per heavy atom. The number of hydrogen-bond donors (Lipinski definition) is 0. The number of nitrogens with zero attached hydrogens (tertiary/aromatic N) is 4. The van der Waals surface area contributed by atoms with Crippen LogP contribution in [0.1, 0.15) is 32.0 Å². The van der Waals surface area contributed by atoms with Gasteiger partial charge in [0.05, 0.1) is 22.1 Å². The lowest BCUT2D eigenvalue weighted by Gasteiger charge is -2.21. The fraction of sp³-hybridized carbons (Fsp3) is 0.455. The molecule has 5 rings (SSSR count). The summed E-state index contributed by atoms with van der Waals surface area (Å²) in [5.41, 5.74) is 1.90. The van der Waals surface area contributed by atoms with Gasteiger partial charge in [0, 0.05) is 37.8 Å². The third-order valence-electron chi connectivity index (χ3n) is 5.80. The molecule has 0 radical (unpaired) electrons. The van der Waals surface area contributed by atoms with Crippen molar-refractivity contribution in [1.82, 2.24) is 18.8 Å². The first-order valence-electron chi connectivity index (χ1n) is 10.6. The van der Waals surface area contributed by atoms with E-state index in [0.29, 0.717) is 43.7 Å². The Bertz CT molecular complexity index is 1220. The highest BCUT2D eigenvalue weighted by atomic mass is 32.2. The van der Waals surface area contributed by atoms with Gasteiger partial charge in [-0.2, -0.15) is 4.31 Å². The van der Waals surface area contributed by atoms with Gasteiger partial charge in [-0.15, -0.1) is 0 Å². The first-order valence-corrected chi connectivity index (χ1v) is 12.1. The van der Waals surface area contributed by atoms with Crippen LogP contribution in [-0.2, 0) is 16.6 Å². The summed E-state index contributed by atoms with van der Waals surface area (Å²) in [6, 6.07) is 6.74. The molecule has 0 bridgehead atoms. The van der Waals surface area contributed by atoms with Gasteiger partial charge in [-0.25, -0.2) is 13.4 Å². The van der Waals surface area contributed by atoms with Gasteiger partial charge in [-0.3, -0.25) is 4.98 Å². The number of ether oxygens (including phenoxy) is 2. The van der Waals surface area contributed by atoms with E-state index in [1.807, 2.05) is 12.3 Å². The fourth-order valence-electron chi connectivity index (χ4n) is 4.35. The molecule has 2 aliphatic rings. The van der Waals surface area contributed by atoms with Gasteiger partial charge in [0.1, 0.15) is 19.0 Å². The lowest BCUT2D eigenvalue weighted by atomic mass is 10.1. The van der Waals surface area contributed by atoms with Gasteiger partial charge in [-0.1, -0.05) is 13.8 Å². The van der Waals surface area contributed by atoms with Crippen molar-refractivity contribution in [3.63, 3.8) is 0 Å². The maximum Gasteiger partial charge on any atom is 0.243 e. The maximum absolute atomic E-state index is 13.3. The molecule has 2 aromatic heterocycles. The zero-order valence-corrected chi connectivity index (χ0v) is 18.5. The number of sulfonamides is 1. The van der Waals surface area contributed by atoms with Crippen LogP contribution in [0.25, 0.3) is 11.0 Å². The molecule has 1 atom stereocenters. The molecule has 1 fully saturated rings. The Labute approximate surface area is 181 Å². The second-order valence-electron chi connectivity index (χ2n) is 8.49. The highest BCUT2D eigenvalue weighted by Crippen LogP contribution is 2.36. The number of aromatic nitrogens is 3. The number of rotatable bonds is 5. The zero-order valence-electron chi connectivity index (χ0n) is 17.7. The van der Waals surface area contributed by atoms with E-state index in [0.717, 1.165) is 29.8 Å². The molecule has 2 aliphatic heterocycles. The molecule has 164 valence electrons. The largest absolute Gasteiger partial charge is 0.486 e. The highest BCUT2D eigenvalue weighted by Gasteiger charge is 2.36. The van der Waals surface area contributed by atoms with Gasteiger partial charge in [0.2, 0.25) is 10.0 Å². The van der Waals surface area contributed by atoms with Crippen LogP contribution >= 0.6 is 0 Å². The van der Waals surface area contributed by atoms with E-state index in [2.05, 4.69) is 23.4 Å². The lowest BCUT2D eigenvalue weighted by molar-refractivity contribution is 0.171. The summed E-state index contributed by atoms with van der Waals surface area (Å²) in [7, 11) is -3.63. The average Bonchev–Trinajstić information content (AvgIpc) is 3.39. The van der Waals surface area contributed by atoms with Crippen LogP contribution in [0.4, 0.5) is 0 Å². The zero-order chi connectivity index (χ0) is 21.6. The smallest absolute Gasteiger partial charge is 0.243 e. The molecule has 0 aliphatic carbocycles. The van der Waals surface area contributed by atoms with E-state index in [1.165, 1.54) is 0 Å². The Morgan fingerprint density at radius 2 is 1.97 bits per heavy atom. The number of pyridine rings is 1. The predicted molar refractivity (Wildman–Crippen MR) is 116 cm³/mol. The number of hydrogen-bond acceptors (Lipinski definition) is 6. The molecule has 4 heterocycles. The quantitative estimate of drug-likeness (QED) is 0.604. The number of imidazole rings is 1. The lowest BCUT2D eigenvalue weighted by Crippen LogP contribution is -2.29. The first kappa shape index (κ1) is 20.3. The minimum atomic E-state index is -3.63. The Balaban J connectivity index is 1.44. The van der Waals surface area contributed by atoms with E-state index in [-0.39, 0.29) is 10.8 Å². The van der Waals surface area contributed by atoms with E-state index < -0.39 is 10.0 Å². The molecule has 1 aromatic carbocycles. The van der Waals surface area contributed by atoms with Crippen LogP contribution < -0.4 is 9.47 Å². The van der Waals surface area contributed by atoms with Gasteiger partial charge in [0.15, 0.2) is 11.5 Å². The molecule has 3 aromatic rings. The van der Waals surface area contributed by atoms with Crippen molar-refractivity contribution in [3.05, 3.63) is 42.5 Å². The Kier molecular flexibility index (Phi) is 5.10. The van der Waals surface area contributed by atoms with E-state index in [4.69, 9.17) is 14.5 Å². The maximum atomic E-state index is 13.3. The molecular formula is C22H26N4O4S.